The molecule has 1 unspecified atom stereocenters. The molecule has 5 rings (SSSR count). The Kier molecular flexibility index (Phi) is 6.05. The topological polar surface area (TPSA) is 106 Å². The molecule has 0 spiro atoms. The first kappa shape index (κ1) is 22.7. The number of H-pyrrole nitrogens is 1. The van der Waals surface area contributed by atoms with Gasteiger partial charge in [-0.15, -0.1) is 0 Å². The fourth-order valence-corrected chi connectivity index (χ4v) is 4.80. The summed E-state index contributed by atoms with van der Waals surface area (Å²) in [5.41, 5.74) is 8.01. The Balaban J connectivity index is 1.53. The third-order valence-corrected chi connectivity index (χ3v) is 6.49. The largest absolute Gasteiger partial charge is 0.457 e. The molecular formula is C26H24ClN5O3. The zero-order chi connectivity index (χ0) is 24.5. The summed E-state index contributed by atoms with van der Waals surface area (Å²) in [5.74, 6) is 1.41. The second kappa shape index (κ2) is 9.31. The third kappa shape index (κ3) is 4.40. The number of aromatic amines is 1. The van der Waals surface area contributed by atoms with Crippen molar-refractivity contribution in [1.29, 1.82) is 0 Å². The van der Waals surface area contributed by atoms with Crippen LogP contribution < -0.4 is 16.0 Å². The molecule has 1 fully saturated rings. The predicted molar refractivity (Wildman–Crippen MR) is 137 cm³/mol. The quantitative estimate of drug-likeness (QED) is 0.393. The number of amides is 1. The summed E-state index contributed by atoms with van der Waals surface area (Å²) in [6.45, 7) is 4.75. The number of carbonyl (C=O) groups is 1. The van der Waals surface area contributed by atoms with Gasteiger partial charge in [0.05, 0.1) is 11.4 Å². The highest BCUT2D eigenvalue weighted by atomic mass is 35.5. The number of nitrogens with one attached hydrogen (secondary N) is 1. The van der Waals surface area contributed by atoms with E-state index in [0.717, 1.165) is 24.0 Å². The van der Waals surface area contributed by atoms with Crippen LogP contribution in [-0.4, -0.2) is 38.7 Å². The molecular weight excluding hydrogens is 466 g/mol. The molecule has 3 N–H and O–H groups in total. The molecule has 1 aliphatic rings. The molecule has 0 bridgehead atoms. The Hall–Kier alpha value is -4.04. The van der Waals surface area contributed by atoms with Crippen molar-refractivity contribution in [2.24, 2.45) is 0 Å². The van der Waals surface area contributed by atoms with Crippen LogP contribution in [0.25, 0.3) is 22.0 Å². The number of hydrogen-bond acceptors (Lipinski definition) is 5. The lowest BCUT2D eigenvalue weighted by Gasteiger charge is -2.33. The number of aromatic nitrogens is 3. The van der Waals surface area contributed by atoms with Crippen LogP contribution in [0.15, 0.2) is 72.2 Å². The van der Waals surface area contributed by atoms with Gasteiger partial charge in [0.1, 0.15) is 17.0 Å². The number of halogens is 1. The van der Waals surface area contributed by atoms with Gasteiger partial charge in [-0.2, -0.15) is 5.10 Å². The van der Waals surface area contributed by atoms with E-state index < -0.39 is 0 Å². The molecule has 35 heavy (non-hydrogen) atoms. The average Bonchev–Trinajstić information content (AvgIpc) is 3.28. The first-order valence-electron chi connectivity index (χ1n) is 11.3. The maximum Gasteiger partial charge on any atom is 0.288 e. The number of carbonyl (C=O) groups excluding carboxylic acids is 1. The zero-order valence-corrected chi connectivity index (χ0v) is 19.7. The van der Waals surface area contributed by atoms with Crippen molar-refractivity contribution < 1.29 is 9.53 Å². The second-order valence-corrected chi connectivity index (χ2v) is 8.92. The second-order valence-electron chi connectivity index (χ2n) is 8.48. The summed E-state index contributed by atoms with van der Waals surface area (Å²) in [6, 6.07) is 14.6. The molecule has 1 amide bonds. The van der Waals surface area contributed by atoms with E-state index in [1.165, 1.54) is 6.08 Å². The van der Waals surface area contributed by atoms with E-state index in [2.05, 4.69) is 16.8 Å². The Labute approximate surface area is 206 Å². The van der Waals surface area contributed by atoms with E-state index in [4.69, 9.17) is 22.1 Å². The smallest absolute Gasteiger partial charge is 0.288 e. The Morgan fingerprint density at radius 1 is 1.23 bits per heavy atom. The summed E-state index contributed by atoms with van der Waals surface area (Å²) >= 11 is 6.05. The maximum atomic E-state index is 12.9. The number of nitrogens with zero attached hydrogens (tertiary/aromatic N) is 3. The monoisotopic (exact) mass is 489 g/mol. The lowest BCUT2D eigenvalue weighted by molar-refractivity contribution is -0.127. The van der Waals surface area contributed by atoms with Crippen molar-refractivity contribution in [2.45, 2.75) is 18.9 Å². The molecule has 178 valence electrons. The number of rotatable bonds is 5. The number of piperidine rings is 1. The van der Waals surface area contributed by atoms with Gasteiger partial charge >= 0.3 is 0 Å². The summed E-state index contributed by atoms with van der Waals surface area (Å²) in [7, 11) is 0. The Morgan fingerprint density at radius 2 is 2.03 bits per heavy atom. The van der Waals surface area contributed by atoms with E-state index in [1.54, 1.807) is 17.0 Å². The van der Waals surface area contributed by atoms with Gasteiger partial charge in [0, 0.05) is 29.9 Å². The maximum absolute atomic E-state index is 12.9. The number of nitrogens with two attached hydrogens (primary N) is 1. The lowest BCUT2D eigenvalue weighted by atomic mass is 10.1. The molecule has 8 nitrogen and oxygen atoms in total. The zero-order valence-electron chi connectivity index (χ0n) is 18.9. The van der Waals surface area contributed by atoms with E-state index in [9.17, 15) is 9.59 Å². The van der Waals surface area contributed by atoms with E-state index in [1.807, 2.05) is 47.2 Å². The molecule has 3 heterocycles. The summed E-state index contributed by atoms with van der Waals surface area (Å²) in [4.78, 5) is 26.8. The first-order chi connectivity index (χ1) is 16.9. The van der Waals surface area contributed by atoms with Crippen LogP contribution in [0, 0.1) is 0 Å². The standard InChI is InChI=1S/C26H24ClN5O3/c1-2-22(33)31-12-4-6-18(14-31)32-15-21(23-24(32)26(34)30-29-25(23)28)16-8-10-19(11-9-16)35-20-7-3-5-17(27)13-20/h2-3,5,7-11,13,15,18H,1,4,6,12,14H2,(H2,28,29)(H,30,34). The van der Waals surface area contributed by atoms with Crippen LogP contribution >= 0.6 is 11.6 Å². The van der Waals surface area contributed by atoms with Crippen LogP contribution in [0.1, 0.15) is 18.9 Å². The van der Waals surface area contributed by atoms with E-state index >= 15 is 0 Å². The van der Waals surface area contributed by atoms with E-state index in [0.29, 0.717) is 40.5 Å². The highest BCUT2D eigenvalue weighted by molar-refractivity contribution is 6.30. The van der Waals surface area contributed by atoms with Gasteiger partial charge in [-0.05, 0) is 54.8 Å². The molecule has 0 radical (unpaired) electrons. The minimum Gasteiger partial charge on any atom is -0.457 e. The van der Waals surface area contributed by atoms with Gasteiger partial charge in [-0.25, -0.2) is 5.10 Å². The molecule has 2 aromatic heterocycles. The highest BCUT2D eigenvalue weighted by Crippen LogP contribution is 2.36. The molecule has 0 aliphatic carbocycles. The van der Waals surface area contributed by atoms with E-state index in [-0.39, 0.29) is 23.3 Å². The number of benzene rings is 2. The first-order valence-corrected chi connectivity index (χ1v) is 11.7. The third-order valence-electron chi connectivity index (χ3n) is 6.25. The normalized spacial score (nSPS) is 15.8. The minimum atomic E-state index is -0.325. The molecule has 1 aliphatic heterocycles. The van der Waals surface area contributed by atoms with Gasteiger partial charge in [0.15, 0.2) is 5.82 Å². The van der Waals surface area contributed by atoms with Crippen molar-refractivity contribution in [1.82, 2.24) is 19.7 Å². The van der Waals surface area contributed by atoms with Crippen molar-refractivity contribution in [3.63, 3.8) is 0 Å². The number of anilines is 1. The minimum absolute atomic E-state index is 0.0720. The van der Waals surface area contributed by atoms with Gasteiger partial charge in [-0.1, -0.05) is 36.4 Å². The van der Waals surface area contributed by atoms with Crippen LogP contribution in [-0.2, 0) is 4.79 Å². The highest BCUT2D eigenvalue weighted by Gasteiger charge is 2.27. The van der Waals surface area contributed by atoms with Crippen LogP contribution in [0.4, 0.5) is 5.82 Å². The van der Waals surface area contributed by atoms with Crippen molar-refractivity contribution in [3.8, 4) is 22.6 Å². The number of fused-ring (bicyclic) bond motifs is 1. The van der Waals surface area contributed by atoms with Crippen LogP contribution in [0.2, 0.25) is 5.02 Å². The lowest BCUT2D eigenvalue weighted by Crippen LogP contribution is -2.40. The van der Waals surface area contributed by atoms with Crippen molar-refractivity contribution >= 4 is 34.2 Å². The predicted octanol–water partition coefficient (Wildman–Crippen LogP) is 4.77. The van der Waals surface area contributed by atoms with Gasteiger partial charge in [-0.3, -0.25) is 9.59 Å². The van der Waals surface area contributed by atoms with Crippen LogP contribution in [0.3, 0.4) is 0 Å². The SMILES string of the molecule is C=CC(=O)N1CCCC(n2cc(-c3ccc(Oc4cccc(Cl)c4)cc3)c3c(N)n[nH]c(=O)c32)C1. The molecule has 9 heteroatoms. The number of nitrogen functional groups attached to an aromatic ring is 1. The Bertz CT molecular complexity index is 1470. The molecule has 0 saturated carbocycles. The van der Waals surface area contributed by atoms with Crippen molar-refractivity contribution in [3.05, 3.63) is 82.8 Å². The summed E-state index contributed by atoms with van der Waals surface area (Å²) in [6.07, 6.45) is 4.91. The molecule has 2 aromatic carbocycles. The Morgan fingerprint density at radius 3 is 2.77 bits per heavy atom. The number of likely N-dealkylation sites (tertiary alicyclic amines) is 1. The number of ether oxygens (including phenoxy) is 1. The van der Waals surface area contributed by atoms with Gasteiger partial charge in [0.2, 0.25) is 5.91 Å². The molecule has 1 atom stereocenters. The average molecular weight is 490 g/mol. The van der Waals surface area contributed by atoms with Gasteiger partial charge < -0.3 is 19.9 Å². The summed E-state index contributed by atoms with van der Waals surface area (Å²) in [5, 5.41) is 7.68. The fraction of sp³-hybridized carbons (Fsp3) is 0.192. The fourth-order valence-electron chi connectivity index (χ4n) is 4.62. The van der Waals surface area contributed by atoms with Gasteiger partial charge in [0.25, 0.3) is 5.56 Å². The number of hydrogen-bond donors (Lipinski definition) is 2. The molecule has 1 saturated heterocycles. The van der Waals surface area contributed by atoms with Crippen molar-refractivity contribution in [2.75, 3.05) is 18.8 Å². The summed E-state index contributed by atoms with van der Waals surface area (Å²) < 4.78 is 7.83. The molecule has 4 aromatic rings. The van der Waals surface area contributed by atoms with Crippen LogP contribution in [0.5, 0.6) is 11.5 Å².